The average Bonchev–Trinajstić information content (AvgIpc) is 2.75. The summed E-state index contributed by atoms with van der Waals surface area (Å²) in [5.74, 6) is 1.22. The number of rotatable bonds is 9. The summed E-state index contributed by atoms with van der Waals surface area (Å²) in [5.41, 5.74) is 2.28. The molecular weight excluding hydrogens is 419 g/mol. The Labute approximate surface area is 189 Å². The number of hydrogen-bond donors (Lipinski definition) is 1. The maximum absolute atomic E-state index is 12.5. The lowest BCUT2D eigenvalue weighted by Gasteiger charge is -2.31. The van der Waals surface area contributed by atoms with Gasteiger partial charge in [0.05, 0.1) is 6.61 Å². The predicted molar refractivity (Wildman–Crippen MR) is 123 cm³/mol. The summed E-state index contributed by atoms with van der Waals surface area (Å²) in [6, 6.07) is 13.7. The summed E-state index contributed by atoms with van der Waals surface area (Å²) < 4.78 is 5.67. The first-order valence-electron chi connectivity index (χ1n) is 10.7. The number of nitrogens with one attached hydrogen (secondary N) is 1. The highest BCUT2D eigenvalue weighted by atomic mass is 35.5. The van der Waals surface area contributed by atoms with Crippen molar-refractivity contribution in [1.82, 2.24) is 10.2 Å². The Hall–Kier alpha value is -1.75. The van der Waals surface area contributed by atoms with Crippen LogP contribution in [0.2, 0.25) is 10.0 Å². The van der Waals surface area contributed by atoms with Crippen LogP contribution in [0, 0.1) is 5.92 Å². The van der Waals surface area contributed by atoms with Crippen LogP contribution in [-0.4, -0.2) is 37.0 Å². The average molecular weight is 449 g/mol. The second-order valence-corrected chi connectivity index (χ2v) is 8.57. The molecule has 0 bridgehead atoms. The maximum Gasteiger partial charge on any atom is 0.223 e. The van der Waals surface area contributed by atoms with Crippen LogP contribution < -0.4 is 10.1 Å². The topological polar surface area (TPSA) is 41.6 Å². The molecule has 0 unspecified atom stereocenters. The Bertz CT molecular complexity index is 836. The molecule has 1 amide bonds. The molecule has 1 fully saturated rings. The highest BCUT2D eigenvalue weighted by Gasteiger charge is 2.25. The van der Waals surface area contributed by atoms with E-state index in [0.717, 1.165) is 56.6 Å². The highest BCUT2D eigenvalue weighted by molar-refractivity contribution is 6.35. The molecule has 0 saturated carbocycles. The summed E-state index contributed by atoms with van der Waals surface area (Å²) in [6.45, 7) is 5.95. The molecule has 0 spiro atoms. The Morgan fingerprint density at radius 1 is 1.13 bits per heavy atom. The first-order chi connectivity index (χ1) is 14.6. The molecule has 30 heavy (non-hydrogen) atoms. The number of para-hydroxylation sites is 1. The lowest BCUT2D eigenvalue weighted by molar-refractivity contribution is -0.126. The molecule has 1 N–H and O–H groups in total. The van der Waals surface area contributed by atoms with Crippen LogP contribution in [0.25, 0.3) is 0 Å². The van der Waals surface area contributed by atoms with Gasteiger partial charge >= 0.3 is 0 Å². The highest BCUT2D eigenvalue weighted by Crippen LogP contribution is 2.25. The van der Waals surface area contributed by atoms with Crippen LogP contribution in [0.3, 0.4) is 0 Å². The number of carbonyl (C=O) groups is 1. The molecule has 0 aromatic heterocycles. The molecule has 1 saturated heterocycles. The normalized spacial score (nSPS) is 15.2. The maximum atomic E-state index is 12.5. The molecule has 0 aliphatic carbocycles. The minimum absolute atomic E-state index is 0.0950. The van der Waals surface area contributed by atoms with E-state index in [2.05, 4.69) is 16.3 Å². The zero-order valence-corrected chi connectivity index (χ0v) is 19.0. The van der Waals surface area contributed by atoms with Crippen molar-refractivity contribution in [3.8, 4) is 5.75 Å². The van der Waals surface area contributed by atoms with E-state index in [-0.39, 0.29) is 11.8 Å². The number of nitrogens with zero attached hydrogens (tertiary/aromatic N) is 1. The summed E-state index contributed by atoms with van der Waals surface area (Å²) in [6.07, 6.45) is 3.56. The molecule has 0 atom stereocenters. The van der Waals surface area contributed by atoms with Crippen LogP contribution in [-0.2, 0) is 17.8 Å². The van der Waals surface area contributed by atoms with Crippen LogP contribution >= 0.6 is 23.2 Å². The molecule has 3 rings (SSSR count). The summed E-state index contributed by atoms with van der Waals surface area (Å²) in [4.78, 5) is 14.9. The van der Waals surface area contributed by atoms with E-state index < -0.39 is 0 Å². The molecule has 162 valence electrons. The zero-order chi connectivity index (χ0) is 21.3. The number of aryl methyl sites for hydroxylation is 1. The number of amides is 1. The van der Waals surface area contributed by atoms with Crippen molar-refractivity contribution < 1.29 is 9.53 Å². The standard InChI is InChI=1S/C24H30Cl2N2O2/c1-2-30-23-8-4-3-6-18(23)7-5-13-27-24(29)19-11-14-28(15-12-19)17-20-9-10-21(25)16-22(20)26/h3-4,6,8-10,16,19H,2,5,7,11-15,17H2,1H3,(H,27,29). The van der Waals surface area contributed by atoms with Gasteiger partial charge in [0.2, 0.25) is 5.91 Å². The minimum Gasteiger partial charge on any atom is -0.494 e. The van der Waals surface area contributed by atoms with Crippen molar-refractivity contribution in [2.45, 2.75) is 39.2 Å². The van der Waals surface area contributed by atoms with Gasteiger partial charge in [0.15, 0.2) is 0 Å². The minimum atomic E-state index is 0.0950. The number of likely N-dealkylation sites (tertiary alicyclic amines) is 1. The van der Waals surface area contributed by atoms with Gasteiger partial charge < -0.3 is 10.1 Å². The molecule has 1 heterocycles. The first-order valence-corrected chi connectivity index (χ1v) is 11.5. The number of benzene rings is 2. The summed E-state index contributed by atoms with van der Waals surface area (Å²) in [5, 5.41) is 4.48. The van der Waals surface area contributed by atoms with Crippen LogP contribution in [0.5, 0.6) is 5.75 Å². The molecule has 1 aliphatic heterocycles. The van der Waals surface area contributed by atoms with Crippen molar-refractivity contribution in [3.63, 3.8) is 0 Å². The second kappa shape index (κ2) is 11.6. The van der Waals surface area contributed by atoms with E-state index >= 15 is 0 Å². The van der Waals surface area contributed by atoms with Gasteiger partial charge in [0, 0.05) is 29.1 Å². The monoisotopic (exact) mass is 448 g/mol. The van der Waals surface area contributed by atoms with Gasteiger partial charge in [0.1, 0.15) is 5.75 Å². The molecule has 6 heteroatoms. The Balaban J connectivity index is 1.37. The smallest absolute Gasteiger partial charge is 0.223 e. The van der Waals surface area contributed by atoms with Crippen LogP contribution in [0.1, 0.15) is 37.3 Å². The van der Waals surface area contributed by atoms with E-state index in [1.165, 1.54) is 5.56 Å². The molecule has 2 aromatic carbocycles. The zero-order valence-electron chi connectivity index (χ0n) is 17.5. The molecule has 4 nitrogen and oxygen atoms in total. The fraction of sp³-hybridized carbons (Fsp3) is 0.458. The quantitative estimate of drug-likeness (QED) is 0.525. The van der Waals surface area contributed by atoms with Gasteiger partial charge in [-0.3, -0.25) is 9.69 Å². The van der Waals surface area contributed by atoms with Gasteiger partial charge in [-0.05, 0) is 75.0 Å². The SMILES string of the molecule is CCOc1ccccc1CCCNC(=O)C1CCN(Cc2ccc(Cl)cc2Cl)CC1. The number of piperidine rings is 1. The summed E-state index contributed by atoms with van der Waals surface area (Å²) >= 11 is 12.3. The fourth-order valence-corrected chi connectivity index (χ4v) is 4.35. The Morgan fingerprint density at radius 2 is 1.90 bits per heavy atom. The van der Waals surface area contributed by atoms with Crippen molar-refractivity contribution >= 4 is 29.1 Å². The van der Waals surface area contributed by atoms with Crippen LogP contribution in [0.15, 0.2) is 42.5 Å². The molecule has 0 radical (unpaired) electrons. The van der Waals surface area contributed by atoms with Gasteiger partial charge in [-0.15, -0.1) is 0 Å². The van der Waals surface area contributed by atoms with E-state index in [9.17, 15) is 4.79 Å². The van der Waals surface area contributed by atoms with E-state index in [0.29, 0.717) is 23.2 Å². The number of ether oxygens (including phenoxy) is 1. The Kier molecular flexibility index (Phi) is 8.86. The molecule has 1 aliphatic rings. The van der Waals surface area contributed by atoms with Crippen molar-refractivity contribution in [2.24, 2.45) is 5.92 Å². The third-order valence-electron chi connectivity index (χ3n) is 5.56. The van der Waals surface area contributed by atoms with E-state index in [4.69, 9.17) is 27.9 Å². The molecular formula is C24H30Cl2N2O2. The molecule has 2 aromatic rings. The van der Waals surface area contributed by atoms with Crippen molar-refractivity contribution in [3.05, 3.63) is 63.6 Å². The number of halogens is 2. The lowest BCUT2D eigenvalue weighted by Crippen LogP contribution is -2.40. The first kappa shape index (κ1) is 22.9. The third kappa shape index (κ3) is 6.63. The van der Waals surface area contributed by atoms with Gasteiger partial charge in [-0.2, -0.15) is 0 Å². The van der Waals surface area contributed by atoms with Crippen molar-refractivity contribution in [1.29, 1.82) is 0 Å². The lowest BCUT2D eigenvalue weighted by atomic mass is 9.95. The Morgan fingerprint density at radius 3 is 2.63 bits per heavy atom. The van der Waals surface area contributed by atoms with Crippen molar-refractivity contribution in [2.75, 3.05) is 26.2 Å². The number of carbonyl (C=O) groups excluding carboxylic acids is 1. The van der Waals surface area contributed by atoms with Crippen LogP contribution in [0.4, 0.5) is 0 Å². The summed E-state index contributed by atoms with van der Waals surface area (Å²) in [7, 11) is 0. The van der Waals surface area contributed by atoms with E-state index in [1.54, 1.807) is 6.07 Å². The van der Waals surface area contributed by atoms with Gasteiger partial charge in [-0.1, -0.05) is 47.5 Å². The third-order valence-corrected chi connectivity index (χ3v) is 6.15. The fourth-order valence-electron chi connectivity index (χ4n) is 3.89. The van der Waals surface area contributed by atoms with Gasteiger partial charge in [0.25, 0.3) is 0 Å². The second-order valence-electron chi connectivity index (χ2n) is 7.72. The predicted octanol–water partition coefficient (Wildman–Crippen LogP) is 5.35. The largest absolute Gasteiger partial charge is 0.494 e. The number of hydrogen-bond acceptors (Lipinski definition) is 3. The van der Waals surface area contributed by atoms with Gasteiger partial charge in [-0.25, -0.2) is 0 Å². The van der Waals surface area contributed by atoms with E-state index in [1.807, 2.05) is 37.3 Å².